The number of halogens is 1. The minimum atomic E-state index is -1.49. The van der Waals surface area contributed by atoms with Gasteiger partial charge in [0.2, 0.25) is 0 Å². The average Bonchev–Trinajstić information content (AvgIpc) is 2.56. The molecule has 0 atom stereocenters. The Morgan fingerprint density at radius 1 is 0.571 bits per heavy atom. The van der Waals surface area contributed by atoms with Crippen LogP contribution in [0.15, 0.2) is 99.6 Å². The van der Waals surface area contributed by atoms with Gasteiger partial charge in [0.15, 0.2) is 0 Å². The molecular weight excluding hydrogens is 344 g/mol. The zero-order chi connectivity index (χ0) is 14.7. The summed E-state index contributed by atoms with van der Waals surface area (Å²) in [5, 5.41) is 9.56. The molecule has 3 aromatic carbocycles. The van der Waals surface area contributed by atoms with E-state index < -0.39 is 8.46 Å². The Morgan fingerprint density at radius 2 is 0.952 bits per heavy atom. The third-order valence-electron chi connectivity index (χ3n) is 3.30. The van der Waals surface area contributed by atoms with Crippen LogP contribution >= 0.6 is 23.3 Å². The molecule has 0 aliphatic heterocycles. The van der Waals surface area contributed by atoms with Gasteiger partial charge in [-0.05, 0) is 63.3 Å². The minimum Gasteiger partial charge on any atom is -0.508 e. The average molecular weight is 359 g/mol. The van der Waals surface area contributed by atoms with Crippen molar-refractivity contribution in [1.29, 1.82) is 0 Å². The lowest BCUT2D eigenvalue weighted by atomic mass is 10.3. The Labute approximate surface area is 133 Å². The number of hydrogen-bond acceptors (Lipinski definition) is 1. The van der Waals surface area contributed by atoms with Gasteiger partial charge in [-0.1, -0.05) is 36.4 Å². The highest BCUT2D eigenvalue weighted by Crippen LogP contribution is 2.73. The third kappa shape index (κ3) is 2.71. The predicted octanol–water partition coefficient (Wildman–Crippen LogP) is 5.98. The van der Waals surface area contributed by atoms with E-state index in [4.69, 9.17) is 0 Å². The summed E-state index contributed by atoms with van der Waals surface area (Å²) < 4.78 is 0. The van der Waals surface area contributed by atoms with Crippen LogP contribution in [0.3, 0.4) is 0 Å². The highest BCUT2D eigenvalue weighted by molar-refractivity contribution is 9.58. The Bertz CT molecular complexity index is 672. The van der Waals surface area contributed by atoms with Crippen molar-refractivity contribution < 1.29 is 5.11 Å². The Kier molecular flexibility index (Phi) is 4.04. The predicted molar refractivity (Wildman–Crippen MR) is 92.3 cm³/mol. The number of phenols is 1. The van der Waals surface area contributed by atoms with Crippen LogP contribution in [-0.4, -0.2) is 5.11 Å². The van der Waals surface area contributed by atoms with E-state index in [2.05, 4.69) is 63.3 Å². The van der Waals surface area contributed by atoms with E-state index in [9.17, 15) is 5.11 Å². The van der Waals surface area contributed by atoms with E-state index in [-0.39, 0.29) is 5.75 Å². The van der Waals surface area contributed by atoms with Crippen LogP contribution < -0.4 is 0 Å². The molecule has 0 amide bonds. The van der Waals surface area contributed by atoms with Crippen LogP contribution in [0.2, 0.25) is 0 Å². The molecule has 0 saturated heterocycles. The van der Waals surface area contributed by atoms with Crippen molar-refractivity contribution >= 4 is 23.3 Å². The fourth-order valence-corrected chi connectivity index (χ4v) is 6.59. The van der Waals surface area contributed by atoms with Gasteiger partial charge in [0.25, 0.3) is 0 Å². The van der Waals surface area contributed by atoms with Gasteiger partial charge in [0, 0.05) is 14.7 Å². The molecule has 0 saturated carbocycles. The van der Waals surface area contributed by atoms with Crippen LogP contribution in [0.4, 0.5) is 0 Å². The summed E-state index contributed by atoms with van der Waals surface area (Å²) in [6, 6.07) is 28.3. The van der Waals surface area contributed by atoms with E-state index in [1.54, 1.807) is 12.1 Å². The molecule has 0 spiro atoms. The second-order valence-corrected chi connectivity index (χ2v) is 10.1. The first-order chi connectivity index (χ1) is 10.2. The Morgan fingerprint density at radius 3 is 1.38 bits per heavy atom. The molecule has 0 bridgehead atoms. The summed E-state index contributed by atoms with van der Waals surface area (Å²) in [5.41, 5.74) is 0. The number of hydrogen-bond donors (Lipinski definition) is 1. The maximum absolute atomic E-state index is 9.56. The summed E-state index contributed by atoms with van der Waals surface area (Å²) in [7, 11) is -1.49. The van der Waals surface area contributed by atoms with Crippen molar-refractivity contribution in [1.82, 2.24) is 0 Å². The second kappa shape index (κ2) is 5.96. The first kappa shape index (κ1) is 14.2. The SMILES string of the molecule is Oc1ccc(S(Br)(c2ccccc2)c2ccccc2)cc1. The highest BCUT2D eigenvalue weighted by atomic mass is 79.9. The molecular formula is C18H15BrOS. The zero-order valence-corrected chi connectivity index (χ0v) is 13.7. The lowest BCUT2D eigenvalue weighted by Crippen LogP contribution is -1.95. The van der Waals surface area contributed by atoms with E-state index in [0.29, 0.717) is 0 Å². The van der Waals surface area contributed by atoms with Crippen LogP contribution in [0.5, 0.6) is 5.75 Å². The molecule has 3 aromatic rings. The molecule has 0 fully saturated rings. The van der Waals surface area contributed by atoms with E-state index in [0.717, 1.165) is 4.90 Å². The van der Waals surface area contributed by atoms with Gasteiger partial charge < -0.3 is 5.11 Å². The summed E-state index contributed by atoms with van der Waals surface area (Å²) in [6.45, 7) is 0. The molecule has 21 heavy (non-hydrogen) atoms. The van der Waals surface area contributed by atoms with E-state index in [1.807, 2.05) is 24.3 Å². The lowest BCUT2D eigenvalue weighted by Gasteiger charge is -2.34. The first-order valence-corrected chi connectivity index (χ1v) is 10.1. The topological polar surface area (TPSA) is 20.2 Å². The van der Waals surface area contributed by atoms with Crippen molar-refractivity contribution in [3.8, 4) is 5.75 Å². The molecule has 1 N–H and O–H groups in total. The molecule has 0 aliphatic carbocycles. The minimum absolute atomic E-state index is 0.286. The maximum atomic E-state index is 9.56. The van der Waals surface area contributed by atoms with Gasteiger partial charge in [-0.3, -0.25) is 0 Å². The van der Waals surface area contributed by atoms with Crippen molar-refractivity contribution in [3.63, 3.8) is 0 Å². The van der Waals surface area contributed by atoms with Crippen LogP contribution in [0.1, 0.15) is 0 Å². The second-order valence-electron chi connectivity index (χ2n) is 4.66. The van der Waals surface area contributed by atoms with Crippen LogP contribution in [-0.2, 0) is 0 Å². The molecule has 0 unspecified atom stereocenters. The normalized spacial score (nSPS) is 12.0. The van der Waals surface area contributed by atoms with Gasteiger partial charge >= 0.3 is 0 Å². The fourth-order valence-electron chi connectivity index (χ4n) is 2.26. The molecule has 0 aromatic heterocycles. The van der Waals surface area contributed by atoms with Gasteiger partial charge in [-0.2, -0.15) is 0 Å². The summed E-state index contributed by atoms with van der Waals surface area (Å²) in [4.78, 5) is 3.64. The lowest BCUT2D eigenvalue weighted by molar-refractivity contribution is 0.475. The fraction of sp³-hybridized carbons (Fsp3) is 0. The van der Waals surface area contributed by atoms with Gasteiger partial charge in [0.05, 0.1) is 0 Å². The number of benzene rings is 3. The number of aromatic hydroxyl groups is 1. The van der Waals surface area contributed by atoms with Crippen LogP contribution in [0.25, 0.3) is 0 Å². The highest BCUT2D eigenvalue weighted by Gasteiger charge is 2.27. The van der Waals surface area contributed by atoms with Crippen molar-refractivity contribution in [2.24, 2.45) is 0 Å². The van der Waals surface area contributed by atoms with Crippen molar-refractivity contribution in [2.75, 3.05) is 0 Å². The van der Waals surface area contributed by atoms with Gasteiger partial charge in [-0.15, -0.1) is 8.46 Å². The zero-order valence-electron chi connectivity index (χ0n) is 11.3. The van der Waals surface area contributed by atoms with E-state index in [1.165, 1.54) is 9.79 Å². The monoisotopic (exact) mass is 358 g/mol. The molecule has 1 nitrogen and oxygen atoms in total. The quantitative estimate of drug-likeness (QED) is 0.610. The summed E-state index contributed by atoms with van der Waals surface area (Å²) in [5.74, 6) is 0.286. The standard InChI is InChI=1S/C18H15BrOS/c19-21(16-7-3-1-4-8-16,17-9-5-2-6-10-17)18-13-11-15(20)12-14-18/h1-14,20H. The largest absolute Gasteiger partial charge is 0.508 e. The van der Waals surface area contributed by atoms with Crippen LogP contribution in [0, 0.1) is 0 Å². The van der Waals surface area contributed by atoms with Crippen molar-refractivity contribution in [3.05, 3.63) is 84.9 Å². The first-order valence-electron chi connectivity index (χ1n) is 6.63. The number of rotatable bonds is 3. The molecule has 0 aliphatic rings. The number of phenolic OH excluding ortho intramolecular Hbond substituents is 1. The smallest absolute Gasteiger partial charge is 0.115 e. The molecule has 0 heterocycles. The van der Waals surface area contributed by atoms with E-state index >= 15 is 0 Å². The molecule has 106 valence electrons. The van der Waals surface area contributed by atoms with Gasteiger partial charge in [-0.25, -0.2) is 0 Å². The molecule has 3 heteroatoms. The van der Waals surface area contributed by atoms with Gasteiger partial charge in [0.1, 0.15) is 5.75 Å². The van der Waals surface area contributed by atoms with Crippen molar-refractivity contribution in [2.45, 2.75) is 14.7 Å². The summed E-state index contributed by atoms with van der Waals surface area (Å²) >= 11 is 4.04. The molecule has 3 rings (SSSR count). The Hall–Kier alpha value is -1.71. The molecule has 0 radical (unpaired) electrons. The Balaban J connectivity index is 2.23. The third-order valence-corrected chi connectivity index (χ3v) is 9.43. The summed E-state index contributed by atoms with van der Waals surface area (Å²) in [6.07, 6.45) is 0. The maximum Gasteiger partial charge on any atom is 0.115 e.